The van der Waals surface area contributed by atoms with E-state index < -0.39 is 6.36 Å². The third kappa shape index (κ3) is 5.88. The summed E-state index contributed by atoms with van der Waals surface area (Å²) in [4.78, 5) is 0. The van der Waals surface area contributed by atoms with Crippen molar-refractivity contribution in [2.75, 3.05) is 18.5 Å². The Hall–Kier alpha value is -2.94. The van der Waals surface area contributed by atoms with E-state index in [2.05, 4.69) is 20.6 Å². The number of amidine groups is 1. The number of ether oxygens (including phenoxy) is 1. The molecule has 0 unspecified atom stereocenters. The van der Waals surface area contributed by atoms with Crippen LogP contribution >= 0.6 is 0 Å². The van der Waals surface area contributed by atoms with Gasteiger partial charge in [0.25, 0.3) is 0 Å². The van der Waals surface area contributed by atoms with Crippen LogP contribution in [-0.2, 0) is 0 Å². The number of halogens is 3. The smallest absolute Gasteiger partial charge is 0.406 e. The molecule has 0 aliphatic heterocycles. The summed E-state index contributed by atoms with van der Waals surface area (Å²) >= 11 is 0. The van der Waals surface area contributed by atoms with E-state index in [0.717, 1.165) is 0 Å². The average molecular weight is 354 g/mol. The monoisotopic (exact) mass is 354 g/mol. The third-order valence-corrected chi connectivity index (χ3v) is 2.99. The molecule has 2 rings (SSSR count). The number of rotatable bonds is 7. The predicted molar refractivity (Wildman–Crippen MR) is 88.7 cm³/mol. The van der Waals surface area contributed by atoms with Gasteiger partial charge in [0.1, 0.15) is 5.75 Å². The number of nitrogens with one attached hydrogen (secondary N) is 2. The highest BCUT2D eigenvalue weighted by molar-refractivity contribution is 6.02. The highest BCUT2D eigenvalue weighted by atomic mass is 19.4. The first-order valence-corrected chi connectivity index (χ1v) is 7.28. The maximum Gasteiger partial charge on any atom is 0.573 e. The van der Waals surface area contributed by atoms with Gasteiger partial charge in [-0.2, -0.15) is 5.10 Å². The van der Waals surface area contributed by atoms with E-state index in [1.54, 1.807) is 24.3 Å². The first-order valence-electron chi connectivity index (χ1n) is 7.28. The molecular weight excluding hydrogens is 337 g/mol. The molecule has 6 nitrogen and oxygen atoms in total. The molecule has 0 spiro atoms. The molecule has 0 saturated heterocycles. The number of aliphatic hydroxyl groups is 1. The number of alkyl halides is 3. The molecule has 0 radical (unpaired) electrons. The molecule has 2 aromatic rings. The van der Waals surface area contributed by atoms with Crippen LogP contribution in [0.1, 0.15) is 5.56 Å². The largest absolute Gasteiger partial charge is 0.573 e. The zero-order valence-electron chi connectivity index (χ0n) is 13.0. The Morgan fingerprint density at radius 1 is 1.12 bits per heavy atom. The van der Waals surface area contributed by atoms with Crippen LogP contribution < -0.4 is 21.2 Å². The fourth-order valence-electron chi connectivity index (χ4n) is 1.96. The maximum absolute atomic E-state index is 12.2. The normalized spacial score (nSPS) is 11.9. The van der Waals surface area contributed by atoms with Crippen molar-refractivity contribution in [3.05, 3.63) is 54.1 Å². The van der Waals surface area contributed by atoms with Gasteiger partial charge in [0, 0.05) is 16.9 Å². The molecule has 134 valence electrons. The number of aliphatic hydroxyl groups excluding tert-OH is 1. The number of para-hydroxylation sites is 1. The summed E-state index contributed by atoms with van der Waals surface area (Å²) in [6.45, 7) is 0.181. The lowest BCUT2D eigenvalue weighted by Crippen LogP contribution is -2.21. The summed E-state index contributed by atoms with van der Waals surface area (Å²) in [7, 11) is 0. The molecule has 0 heterocycles. The molecular formula is C16H17F3N4O2. The number of nitrogens with zero attached hydrogens (tertiary/aromatic N) is 1. The van der Waals surface area contributed by atoms with Crippen molar-refractivity contribution in [2.24, 2.45) is 10.8 Å². The van der Waals surface area contributed by atoms with Crippen LogP contribution in [0.4, 0.5) is 24.5 Å². The minimum absolute atomic E-state index is 0.0803. The lowest BCUT2D eigenvalue weighted by atomic mass is 10.1. The van der Waals surface area contributed by atoms with Crippen LogP contribution in [0.5, 0.6) is 5.75 Å². The molecule has 0 aromatic heterocycles. The topological polar surface area (TPSA) is 91.9 Å². The van der Waals surface area contributed by atoms with Crippen molar-refractivity contribution in [3.63, 3.8) is 0 Å². The Bertz CT molecular complexity index is 718. The van der Waals surface area contributed by atoms with E-state index in [1.165, 1.54) is 24.3 Å². The van der Waals surface area contributed by atoms with Gasteiger partial charge in [-0.1, -0.05) is 12.1 Å². The van der Waals surface area contributed by atoms with Gasteiger partial charge in [-0.3, -0.25) is 0 Å². The van der Waals surface area contributed by atoms with Gasteiger partial charge < -0.3 is 26.3 Å². The molecule has 0 aliphatic rings. The average Bonchev–Trinajstić information content (AvgIpc) is 2.56. The summed E-state index contributed by atoms with van der Waals surface area (Å²) in [5.41, 5.74) is 10.3. The van der Waals surface area contributed by atoms with Crippen molar-refractivity contribution >= 4 is 17.2 Å². The zero-order valence-corrected chi connectivity index (χ0v) is 13.0. The fourth-order valence-corrected chi connectivity index (χ4v) is 1.96. The van der Waals surface area contributed by atoms with Crippen LogP contribution in [0, 0.1) is 0 Å². The van der Waals surface area contributed by atoms with Crippen molar-refractivity contribution < 1.29 is 23.0 Å². The third-order valence-electron chi connectivity index (χ3n) is 2.99. The van der Waals surface area contributed by atoms with E-state index in [4.69, 9.17) is 10.8 Å². The lowest BCUT2D eigenvalue weighted by molar-refractivity contribution is -0.274. The van der Waals surface area contributed by atoms with Crippen LogP contribution in [-0.4, -0.2) is 30.5 Å². The SMILES string of the molecule is N/C(=N\NCCO)c1ccccc1Nc1ccc(OC(F)(F)F)cc1. The van der Waals surface area contributed by atoms with Crippen LogP contribution in [0.2, 0.25) is 0 Å². The second kappa shape index (κ2) is 8.25. The summed E-state index contributed by atoms with van der Waals surface area (Å²) in [5.74, 6) is -0.103. The number of hydrogen-bond donors (Lipinski definition) is 4. The van der Waals surface area contributed by atoms with Crippen LogP contribution in [0.3, 0.4) is 0 Å². The van der Waals surface area contributed by atoms with Crippen LogP contribution in [0.25, 0.3) is 0 Å². The van der Waals surface area contributed by atoms with E-state index in [0.29, 0.717) is 16.9 Å². The van der Waals surface area contributed by atoms with Gasteiger partial charge in [-0.25, -0.2) is 0 Å². The molecule has 0 aliphatic carbocycles. The molecule has 0 atom stereocenters. The number of benzene rings is 2. The number of nitrogens with two attached hydrogens (primary N) is 1. The van der Waals surface area contributed by atoms with Gasteiger partial charge in [0.05, 0.1) is 13.2 Å². The molecule has 0 fully saturated rings. The Labute approximate surface area is 142 Å². The Kier molecular flexibility index (Phi) is 6.07. The van der Waals surface area contributed by atoms with Crippen molar-refractivity contribution in [2.45, 2.75) is 6.36 Å². The second-order valence-corrected chi connectivity index (χ2v) is 4.87. The molecule has 9 heteroatoms. The van der Waals surface area contributed by atoms with E-state index in [-0.39, 0.29) is 24.7 Å². The van der Waals surface area contributed by atoms with Gasteiger partial charge in [0.15, 0.2) is 5.84 Å². The fraction of sp³-hybridized carbons (Fsp3) is 0.188. The van der Waals surface area contributed by atoms with Crippen molar-refractivity contribution in [3.8, 4) is 5.75 Å². The van der Waals surface area contributed by atoms with Crippen molar-refractivity contribution in [1.29, 1.82) is 0 Å². The summed E-state index contributed by atoms with van der Waals surface area (Å²) in [6.07, 6.45) is -4.73. The molecule has 25 heavy (non-hydrogen) atoms. The highest BCUT2D eigenvalue weighted by Gasteiger charge is 2.30. The highest BCUT2D eigenvalue weighted by Crippen LogP contribution is 2.26. The molecule has 0 saturated carbocycles. The van der Waals surface area contributed by atoms with Gasteiger partial charge >= 0.3 is 6.36 Å². The zero-order chi connectivity index (χ0) is 18.3. The van der Waals surface area contributed by atoms with Gasteiger partial charge in [-0.05, 0) is 36.4 Å². The van der Waals surface area contributed by atoms with Crippen LogP contribution in [0.15, 0.2) is 53.6 Å². The molecule has 0 amide bonds. The number of hydrogen-bond acceptors (Lipinski definition) is 5. The number of hydrazone groups is 1. The Balaban J connectivity index is 2.14. The quantitative estimate of drug-likeness (QED) is 0.265. The summed E-state index contributed by atoms with van der Waals surface area (Å²) in [6, 6.07) is 12.4. The minimum Gasteiger partial charge on any atom is -0.406 e. The first kappa shape index (κ1) is 18.4. The van der Waals surface area contributed by atoms with E-state index in [9.17, 15) is 13.2 Å². The Morgan fingerprint density at radius 3 is 2.44 bits per heavy atom. The van der Waals surface area contributed by atoms with E-state index in [1.807, 2.05) is 0 Å². The molecule has 5 N–H and O–H groups in total. The Morgan fingerprint density at radius 2 is 1.80 bits per heavy atom. The number of anilines is 2. The predicted octanol–water partition coefficient (Wildman–Crippen LogP) is 2.53. The second-order valence-electron chi connectivity index (χ2n) is 4.87. The molecule has 0 bridgehead atoms. The standard InChI is InChI=1S/C16H17F3N4O2/c17-16(18,19)25-12-7-5-11(6-8-12)22-14-4-2-1-3-13(14)15(20)23-21-9-10-24/h1-8,21-22,24H,9-10H2,(H2,20,23). The van der Waals surface area contributed by atoms with Gasteiger partial charge in [-0.15, -0.1) is 13.2 Å². The van der Waals surface area contributed by atoms with Crippen molar-refractivity contribution in [1.82, 2.24) is 5.43 Å². The summed E-state index contributed by atoms with van der Waals surface area (Å²) in [5, 5.41) is 15.7. The lowest BCUT2D eigenvalue weighted by Gasteiger charge is -2.13. The maximum atomic E-state index is 12.2. The summed E-state index contributed by atoms with van der Waals surface area (Å²) < 4.78 is 40.3. The molecule has 2 aromatic carbocycles. The first-order chi connectivity index (χ1) is 11.9. The van der Waals surface area contributed by atoms with Gasteiger partial charge in [0.2, 0.25) is 0 Å². The minimum atomic E-state index is -4.73. The van der Waals surface area contributed by atoms with E-state index >= 15 is 0 Å².